The molecule has 6 heteroatoms. The van der Waals surface area contributed by atoms with Crippen molar-refractivity contribution >= 4 is 18.4 Å². The van der Waals surface area contributed by atoms with Crippen molar-refractivity contribution < 1.29 is 14.8 Å². The molecular formula is C13H15BN2O3. The van der Waals surface area contributed by atoms with Gasteiger partial charge < -0.3 is 20.5 Å². The highest BCUT2D eigenvalue weighted by molar-refractivity contribution is 6.58. The summed E-state index contributed by atoms with van der Waals surface area (Å²) in [5.41, 5.74) is 8.10. The van der Waals surface area contributed by atoms with Gasteiger partial charge in [-0.15, -0.1) is 0 Å². The van der Waals surface area contributed by atoms with Crippen LogP contribution in [-0.2, 0) is 6.61 Å². The van der Waals surface area contributed by atoms with Gasteiger partial charge in [-0.3, -0.25) is 0 Å². The molecule has 1 aromatic heterocycles. The molecule has 0 saturated heterocycles. The molecule has 1 heterocycles. The Balaban J connectivity index is 2.10. The zero-order chi connectivity index (χ0) is 13.8. The molecule has 0 saturated carbocycles. The molecule has 5 nitrogen and oxygen atoms in total. The maximum Gasteiger partial charge on any atom is 0.490 e. The number of ether oxygens (including phenoxy) is 1. The first-order valence-corrected chi connectivity index (χ1v) is 5.86. The number of nitrogen functional groups attached to an aromatic ring is 1. The SMILES string of the molecule is Cc1ccc(COc2cc(B(O)O)cnc2N)cc1. The summed E-state index contributed by atoms with van der Waals surface area (Å²) in [7, 11) is -1.59. The highest BCUT2D eigenvalue weighted by atomic mass is 16.5. The van der Waals surface area contributed by atoms with Gasteiger partial charge >= 0.3 is 7.12 Å². The van der Waals surface area contributed by atoms with E-state index < -0.39 is 7.12 Å². The lowest BCUT2D eigenvalue weighted by Crippen LogP contribution is -2.30. The lowest BCUT2D eigenvalue weighted by molar-refractivity contribution is 0.307. The first kappa shape index (κ1) is 13.4. The Labute approximate surface area is 111 Å². The van der Waals surface area contributed by atoms with E-state index in [1.165, 1.54) is 17.8 Å². The van der Waals surface area contributed by atoms with Gasteiger partial charge in [0.05, 0.1) is 0 Å². The van der Waals surface area contributed by atoms with E-state index in [0.29, 0.717) is 12.4 Å². The van der Waals surface area contributed by atoms with Crippen molar-refractivity contribution in [2.24, 2.45) is 0 Å². The number of benzene rings is 1. The Bertz CT molecular complexity index is 558. The molecule has 0 aliphatic carbocycles. The van der Waals surface area contributed by atoms with Crippen LogP contribution in [0.25, 0.3) is 0 Å². The summed E-state index contributed by atoms with van der Waals surface area (Å²) in [4.78, 5) is 3.86. The van der Waals surface area contributed by atoms with Crippen LogP contribution in [-0.4, -0.2) is 22.2 Å². The van der Waals surface area contributed by atoms with E-state index in [0.717, 1.165) is 5.56 Å². The molecule has 0 radical (unpaired) electrons. The van der Waals surface area contributed by atoms with Gasteiger partial charge in [-0.25, -0.2) is 4.98 Å². The molecule has 1 aromatic carbocycles. The predicted octanol–water partition coefficient (Wildman–Crippen LogP) is 0.231. The van der Waals surface area contributed by atoms with Crippen LogP contribution in [0.5, 0.6) is 5.75 Å². The second-order valence-corrected chi connectivity index (χ2v) is 4.30. The van der Waals surface area contributed by atoms with Crippen LogP contribution in [0, 0.1) is 6.92 Å². The molecule has 0 spiro atoms. The van der Waals surface area contributed by atoms with Crippen LogP contribution < -0.4 is 15.9 Å². The van der Waals surface area contributed by atoms with E-state index in [2.05, 4.69) is 4.98 Å². The van der Waals surface area contributed by atoms with Gasteiger partial charge in [-0.05, 0) is 18.6 Å². The average Bonchev–Trinajstić information content (AvgIpc) is 2.39. The Hall–Kier alpha value is -2.05. The normalized spacial score (nSPS) is 10.3. The monoisotopic (exact) mass is 258 g/mol. The summed E-state index contributed by atoms with van der Waals surface area (Å²) in [5.74, 6) is 0.558. The van der Waals surface area contributed by atoms with Gasteiger partial charge in [0.15, 0.2) is 11.6 Å². The Morgan fingerprint density at radius 3 is 2.58 bits per heavy atom. The third-order valence-electron chi connectivity index (χ3n) is 2.72. The number of aromatic nitrogens is 1. The summed E-state index contributed by atoms with van der Waals surface area (Å²) < 4.78 is 5.54. The summed E-state index contributed by atoms with van der Waals surface area (Å²) >= 11 is 0. The zero-order valence-electron chi connectivity index (χ0n) is 10.6. The standard InChI is InChI=1S/C13H15BN2O3/c1-9-2-4-10(5-3-9)8-19-12-6-11(14(17)18)7-16-13(12)15/h2-7,17-18H,8H2,1H3,(H2,15,16). The fraction of sp³-hybridized carbons (Fsp3) is 0.154. The molecule has 0 atom stereocenters. The van der Waals surface area contributed by atoms with Crippen molar-refractivity contribution in [2.45, 2.75) is 13.5 Å². The van der Waals surface area contributed by atoms with E-state index in [-0.39, 0.29) is 11.3 Å². The van der Waals surface area contributed by atoms with Crippen molar-refractivity contribution in [1.82, 2.24) is 4.98 Å². The molecule has 98 valence electrons. The fourth-order valence-electron chi connectivity index (χ4n) is 1.57. The minimum atomic E-state index is -1.59. The van der Waals surface area contributed by atoms with Crippen LogP contribution in [0.15, 0.2) is 36.5 Å². The van der Waals surface area contributed by atoms with Crippen LogP contribution in [0.3, 0.4) is 0 Å². The molecule has 0 fully saturated rings. The van der Waals surface area contributed by atoms with Gasteiger partial charge in [-0.1, -0.05) is 29.8 Å². The Morgan fingerprint density at radius 2 is 1.95 bits per heavy atom. The molecular weight excluding hydrogens is 243 g/mol. The molecule has 0 aliphatic rings. The lowest BCUT2D eigenvalue weighted by atomic mass is 9.81. The van der Waals surface area contributed by atoms with Crippen molar-refractivity contribution in [2.75, 3.05) is 5.73 Å². The minimum Gasteiger partial charge on any atom is -0.485 e. The molecule has 0 unspecified atom stereocenters. The van der Waals surface area contributed by atoms with Crippen molar-refractivity contribution in [1.29, 1.82) is 0 Å². The predicted molar refractivity (Wildman–Crippen MR) is 74.0 cm³/mol. The largest absolute Gasteiger partial charge is 0.490 e. The first-order chi connectivity index (χ1) is 9.06. The highest BCUT2D eigenvalue weighted by Crippen LogP contribution is 2.18. The van der Waals surface area contributed by atoms with Gasteiger partial charge in [-0.2, -0.15) is 0 Å². The molecule has 19 heavy (non-hydrogen) atoms. The van der Waals surface area contributed by atoms with E-state index in [9.17, 15) is 0 Å². The number of nitrogens with two attached hydrogens (primary N) is 1. The first-order valence-electron chi connectivity index (χ1n) is 5.86. The van der Waals surface area contributed by atoms with Crippen molar-refractivity contribution in [3.05, 3.63) is 47.7 Å². The Morgan fingerprint density at radius 1 is 1.26 bits per heavy atom. The van der Waals surface area contributed by atoms with E-state index in [1.807, 2.05) is 31.2 Å². The highest BCUT2D eigenvalue weighted by Gasteiger charge is 2.14. The number of nitrogens with zero attached hydrogens (tertiary/aromatic N) is 1. The maximum absolute atomic E-state index is 9.07. The number of rotatable bonds is 4. The number of hydrogen-bond acceptors (Lipinski definition) is 5. The van der Waals surface area contributed by atoms with E-state index in [4.69, 9.17) is 20.5 Å². The Kier molecular flexibility index (Phi) is 4.04. The lowest BCUT2D eigenvalue weighted by Gasteiger charge is -2.10. The molecule has 0 bridgehead atoms. The fourth-order valence-corrected chi connectivity index (χ4v) is 1.57. The third-order valence-corrected chi connectivity index (χ3v) is 2.72. The van der Waals surface area contributed by atoms with Gasteiger partial charge in [0.25, 0.3) is 0 Å². The summed E-state index contributed by atoms with van der Waals surface area (Å²) in [6, 6.07) is 9.39. The minimum absolute atomic E-state index is 0.219. The van der Waals surface area contributed by atoms with Crippen LogP contribution in [0.1, 0.15) is 11.1 Å². The van der Waals surface area contributed by atoms with Crippen LogP contribution >= 0.6 is 0 Å². The number of anilines is 1. The molecule has 2 aromatic rings. The number of aryl methyl sites for hydroxylation is 1. The molecule has 4 N–H and O–H groups in total. The summed E-state index contributed by atoms with van der Waals surface area (Å²) in [5, 5.41) is 18.1. The quantitative estimate of drug-likeness (QED) is 0.683. The molecule has 0 aliphatic heterocycles. The average molecular weight is 258 g/mol. The van der Waals surface area contributed by atoms with E-state index in [1.54, 1.807) is 0 Å². The van der Waals surface area contributed by atoms with Gasteiger partial charge in [0.1, 0.15) is 6.61 Å². The summed E-state index contributed by atoms with van der Waals surface area (Å²) in [6.07, 6.45) is 1.30. The van der Waals surface area contributed by atoms with Gasteiger partial charge in [0.2, 0.25) is 0 Å². The molecule has 0 amide bonds. The maximum atomic E-state index is 9.07. The number of hydrogen-bond donors (Lipinski definition) is 3. The topological polar surface area (TPSA) is 88.6 Å². The third kappa shape index (κ3) is 3.46. The zero-order valence-corrected chi connectivity index (χ0v) is 10.6. The van der Waals surface area contributed by atoms with Crippen LogP contribution in [0.2, 0.25) is 0 Å². The van der Waals surface area contributed by atoms with E-state index >= 15 is 0 Å². The second kappa shape index (κ2) is 5.73. The second-order valence-electron chi connectivity index (χ2n) is 4.30. The number of pyridine rings is 1. The van der Waals surface area contributed by atoms with Crippen molar-refractivity contribution in [3.8, 4) is 5.75 Å². The van der Waals surface area contributed by atoms with Crippen molar-refractivity contribution in [3.63, 3.8) is 0 Å². The van der Waals surface area contributed by atoms with Gasteiger partial charge in [0, 0.05) is 11.7 Å². The van der Waals surface area contributed by atoms with Crippen LogP contribution in [0.4, 0.5) is 5.82 Å². The summed E-state index contributed by atoms with van der Waals surface area (Å²) in [6.45, 7) is 2.36. The smallest absolute Gasteiger partial charge is 0.485 e. The molecule has 2 rings (SSSR count).